The molecule has 0 unspecified atom stereocenters. The Morgan fingerprint density at radius 2 is 1.85 bits per heavy atom. The van der Waals surface area contributed by atoms with E-state index in [1.807, 2.05) is 30.3 Å². The quantitative estimate of drug-likeness (QED) is 0.774. The average Bonchev–Trinajstić information content (AvgIpc) is 2.57. The SMILES string of the molecule is CC(C)(C)OC(=O)CN1CCN(C(=O)CN)[C@@H](Cc2ccccc2)C1=O. The summed E-state index contributed by atoms with van der Waals surface area (Å²) in [5, 5.41) is 0. The Morgan fingerprint density at radius 1 is 1.19 bits per heavy atom. The molecule has 0 bridgehead atoms. The third-order valence-electron chi connectivity index (χ3n) is 4.09. The number of rotatable bonds is 5. The van der Waals surface area contributed by atoms with Gasteiger partial charge in [0.1, 0.15) is 18.2 Å². The molecule has 26 heavy (non-hydrogen) atoms. The van der Waals surface area contributed by atoms with Crippen LogP contribution in [-0.4, -0.2) is 65.4 Å². The lowest BCUT2D eigenvalue weighted by Gasteiger charge is -2.40. The van der Waals surface area contributed by atoms with Crippen LogP contribution in [-0.2, 0) is 25.5 Å². The predicted molar refractivity (Wildman–Crippen MR) is 97.1 cm³/mol. The summed E-state index contributed by atoms with van der Waals surface area (Å²) < 4.78 is 5.30. The van der Waals surface area contributed by atoms with Gasteiger partial charge in [-0.2, -0.15) is 0 Å². The molecule has 1 aromatic carbocycles. The molecule has 0 saturated carbocycles. The van der Waals surface area contributed by atoms with Crippen LogP contribution < -0.4 is 5.73 Å². The van der Waals surface area contributed by atoms with Crippen LogP contribution in [0, 0.1) is 0 Å². The number of carbonyl (C=O) groups excluding carboxylic acids is 3. The Kier molecular flexibility index (Phi) is 6.37. The zero-order valence-corrected chi connectivity index (χ0v) is 15.6. The lowest BCUT2D eigenvalue weighted by molar-refractivity contribution is -0.162. The third-order valence-corrected chi connectivity index (χ3v) is 4.09. The molecule has 1 heterocycles. The van der Waals surface area contributed by atoms with Gasteiger partial charge in [-0.25, -0.2) is 0 Å². The molecule has 2 amide bonds. The molecule has 1 aromatic rings. The molecule has 2 N–H and O–H groups in total. The van der Waals surface area contributed by atoms with Crippen LogP contribution in [0.1, 0.15) is 26.3 Å². The number of esters is 1. The molecular weight excluding hydrogens is 334 g/mol. The van der Waals surface area contributed by atoms with Gasteiger partial charge in [0.05, 0.1) is 6.54 Å². The van der Waals surface area contributed by atoms with Gasteiger partial charge in [-0.05, 0) is 26.3 Å². The summed E-state index contributed by atoms with van der Waals surface area (Å²) in [6.07, 6.45) is 0.385. The molecule has 1 aliphatic rings. The Labute approximate surface area is 154 Å². The molecule has 7 heteroatoms. The smallest absolute Gasteiger partial charge is 0.326 e. The monoisotopic (exact) mass is 361 g/mol. The number of nitrogens with two attached hydrogens (primary N) is 1. The van der Waals surface area contributed by atoms with Gasteiger partial charge in [-0.15, -0.1) is 0 Å². The molecule has 0 aromatic heterocycles. The number of benzene rings is 1. The van der Waals surface area contributed by atoms with Crippen molar-refractivity contribution in [2.24, 2.45) is 5.73 Å². The van der Waals surface area contributed by atoms with E-state index in [9.17, 15) is 14.4 Å². The highest BCUT2D eigenvalue weighted by molar-refractivity contribution is 5.91. The van der Waals surface area contributed by atoms with Crippen LogP contribution in [0.3, 0.4) is 0 Å². The highest BCUT2D eigenvalue weighted by Crippen LogP contribution is 2.17. The van der Waals surface area contributed by atoms with Gasteiger partial charge in [-0.3, -0.25) is 14.4 Å². The first kappa shape index (κ1) is 19.9. The van der Waals surface area contributed by atoms with Crippen LogP contribution in [0.4, 0.5) is 0 Å². The van der Waals surface area contributed by atoms with Crippen LogP contribution >= 0.6 is 0 Å². The van der Waals surface area contributed by atoms with E-state index in [1.54, 1.807) is 20.8 Å². The molecule has 1 aliphatic heterocycles. The maximum absolute atomic E-state index is 12.9. The van der Waals surface area contributed by atoms with Crippen LogP contribution in [0.2, 0.25) is 0 Å². The first-order valence-corrected chi connectivity index (χ1v) is 8.75. The van der Waals surface area contributed by atoms with Crippen LogP contribution in [0.5, 0.6) is 0 Å². The molecule has 142 valence electrons. The molecule has 1 saturated heterocycles. The Balaban J connectivity index is 2.14. The van der Waals surface area contributed by atoms with Crippen molar-refractivity contribution in [1.29, 1.82) is 0 Å². The van der Waals surface area contributed by atoms with Gasteiger partial charge in [0.25, 0.3) is 0 Å². The molecule has 7 nitrogen and oxygen atoms in total. The molecule has 2 rings (SSSR count). The van der Waals surface area contributed by atoms with Crippen molar-refractivity contribution in [1.82, 2.24) is 9.80 Å². The fourth-order valence-corrected chi connectivity index (χ4v) is 2.98. The molecule has 0 aliphatic carbocycles. The Morgan fingerprint density at radius 3 is 2.42 bits per heavy atom. The fraction of sp³-hybridized carbons (Fsp3) is 0.526. The predicted octanol–water partition coefficient (Wildman–Crippen LogP) is 0.569. The summed E-state index contributed by atoms with van der Waals surface area (Å²) in [7, 11) is 0. The summed E-state index contributed by atoms with van der Waals surface area (Å²) in [5.74, 6) is -0.980. The highest BCUT2D eigenvalue weighted by Gasteiger charge is 2.38. The van der Waals surface area contributed by atoms with Crippen molar-refractivity contribution in [3.63, 3.8) is 0 Å². The third kappa shape index (κ3) is 5.29. The number of carbonyl (C=O) groups is 3. The maximum atomic E-state index is 12.9. The Hall–Kier alpha value is -2.41. The summed E-state index contributed by atoms with van der Waals surface area (Å²) in [4.78, 5) is 40.2. The lowest BCUT2D eigenvalue weighted by atomic mass is 10.0. The van der Waals surface area contributed by atoms with Gasteiger partial charge in [0.15, 0.2) is 0 Å². The van der Waals surface area contributed by atoms with Crippen molar-refractivity contribution in [2.45, 2.75) is 38.8 Å². The molecule has 0 radical (unpaired) electrons. The summed E-state index contributed by atoms with van der Waals surface area (Å²) >= 11 is 0. The molecule has 1 atom stereocenters. The topological polar surface area (TPSA) is 92.9 Å². The van der Waals surface area contributed by atoms with Gasteiger partial charge >= 0.3 is 5.97 Å². The normalized spacial score (nSPS) is 18.0. The standard InChI is InChI=1S/C19H27N3O4/c1-19(2,3)26-17(24)13-21-9-10-22(16(23)12-20)15(18(21)25)11-14-7-5-4-6-8-14/h4-8,15H,9-13,20H2,1-3H3/t15-/m0/s1. The number of ether oxygens (including phenoxy) is 1. The van der Waals surface area contributed by atoms with E-state index < -0.39 is 17.6 Å². The molecular formula is C19H27N3O4. The van der Waals surface area contributed by atoms with Gasteiger partial charge in [0, 0.05) is 19.5 Å². The maximum Gasteiger partial charge on any atom is 0.326 e. The number of hydrogen-bond acceptors (Lipinski definition) is 5. The second kappa shape index (κ2) is 8.31. The van der Waals surface area contributed by atoms with E-state index in [1.165, 1.54) is 9.80 Å². The zero-order valence-electron chi connectivity index (χ0n) is 15.6. The fourth-order valence-electron chi connectivity index (χ4n) is 2.98. The number of piperazine rings is 1. The van der Waals surface area contributed by atoms with E-state index in [4.69, 9.17) is 10.5 Å². The van der Waals surface area contributed by atoms with Gasteiger partial charge in [0.2, 0.25) is 11.8 Å². The minimum Gasteiger partial charge on any atom is -0.459 e. The zero-order chi connectivity index (χ0) is 19.3. The van der Waals surface area contributed by atoms with Crippen molar-refractivity contribution >= 4 is 17.8 Å². The minimum atomic E-state index is -0.662. The summed E-state index contributed by atoms with van der Waals surface area (Å²) in [6, 6.07) is 8.82. The van der Waals surface area contributed by atoms with Crippen molar-refractivity contribution in [3.05, 3.63) is 35.9 Å². The van der Waals surface area contributed by atoms with Gasteiger partial charge in [-0.1, -0.05) is 30.3 Å². The minimum absolute atomic E-state index is 0.119. The van der Waals surface area contributed by atoms with Crippen molar-refractivity contribution in [3.8, 4) is 0 Å². The second-order valence-corrected chi connectivity index (χ2v) is 7.34. The highest BCUT2D eigenvalue weighted by atomic mass is 16.6. The van der Waals surface area contributed by atoms with Gasteiger partial charge < -0.3 is 20.3 Å². The van der Waals surface area contributed by atoms with E-state index in [0.717, 1.165) is 5.56 Å². The van der Waals surface area contributed by atoms with E-state index in [-0.39, 0.29) is 31.4 Å². The number of hydrogen-bond donors (Lipinski definition) is 1. The lowest BCUT2D eigenvalue weighted by Crippen LogP contribution is -2.61. The summed E-state index contributed by atoms with van der Waals surface area (Å²) in [6.45, 7) is 5.71. The molecule has 0 spiro atoms. The number of nitrogens with zero attached hydrogens (tertiary/aromatic N) is 2. The van der Waals surface area contributed by atoms with Crippen LogP contribution in [0.15, 0.2) is 30.3 Å². The first-order valence-electron chi connectivity index (χ1n) is 8.75. The van der Waals surface area contributed by atoms with Crippen molar-refractivity contribution in [2.75, 3.05) is 26.2 Å². The van der Waals surface area contributed by atoms with Crippen molar-refractivity contribution < 1.29 is 19.1 Å². The Bertz CT molecular complexity index is 654. The number of amides is 2. The van der Waals surface area contributed by atoms with Crippen LogP contribution in [0.25, 0.3) is 0 Å². The first-order chi connectivity index (χ1) is 12.2. The van der Waals surface area contributed by atoms with E-state index >= 15 is 0 Å². The summed E-state index contributed by atoms with van der Waals surface area (Å²) in [5.41, 5.74) is 5.83. The van der Waals surface area contributed by atoms with E-state index in [0.29, 0.717) is 13.0 Å². The average molecular weight is 361 g/mol. The second-order valence-electron chi connectivity index (χ2n) is 7.34. The van der Waals surface area contributed by atoms with E-state index in [2.05, 4.69) is 0 Å². The largest absolute Gasteiger partial charge is 0.459 e. The molecule has 1 fully saturated rings.